The molecular weight excluding hydrogens is 402 g/mol. The minimum Gasteiger partial charge on any atom is -0.301 e. The van der Waals surface area contributed by atoms with Crippen molar-refractivity contribution in [2.24, 2.45) is 0 Å². The molecule has 4 heterocycles. The maximum absolute atomic E-state index is 13.7. The van der Waals surface area contributed by atoms with Crippen molar-refractivity contribution in [3.63, 3.8) is 0 Å². The van der Waals surface area contributed by atoms with Crippen LogP contribution in [-0.2, 0) is 13.0 Å². The van der Waals surface area contributed by atoms with Gasteiger partial charge in [0, 0.05) is 23.7 Å². The molecule has 0 spiro atoms. The van der Waals surface area contributed by atoms with Crippen molar-refractivity contribution in [1.29, 1.82) is 0 Å². The Bertz CT molecular complexity index is 1240. The number of rotatable bonds is 5. The van der Waals surface area contributed by atoms with Gasteiger partial charge in [0.05, 0.1) is 11.1 Å². The maximum Gasteiger partial charge on any atom is 0.268 e. The highest BCUT2D eigenvalue weighted by molar-refractivity contribution is 7.99. The van der Waals surface area contributed by atoms with Gasteiger partial charge in [0.15, 0.2) is 5.16 Å². The maximum atomic E-state index is 13.7. The number of thioether (sulfide) groups is 1. The lowest BCUT2D eigenvalue weighted by molar-refractivity contribution is 0.318. The van der Waals surface area contributed by atoms with Crippen molar-refractivity contribution < 1.29 is 0 Å². The zero-order valence-electron chi connectivity index (χ0n) is 16.6. The minimum absolute atomic E-state index is 0.0123. The molecule has 1 aromatic carbocycles. The summed E-state index contributed by atoms with van der Waals surface area (Å²) in [5.41, 5.74) is 2.05. The normalized spacial score (nSPS) is 14.7. The van der Waals surface area contributed by atoms with Gasteiger partial charge < -0.3 is 4.90 Å². The fraction of sp³-hybridized carbons (Fsp3) is 0.381. The Morgan fingerprint density at radius 3 is 2.83 bits per heavy atom. The first kappa shape index (κ1) is 18.8. The molecule has 0 radical (unpaired) electrons. The van der Waals surface area contributed by atoms with Gasteiger partial charge in [-0.3, -0.25) is 4.79 Å². The van der Waals surface area contributed by atoms with Crippen LogP contribution in [0.5, 0.6) is 0 Å². The number of aromatic nitrogens is 4. The molecule has 1 aliphatic heterocycles. The quantitative estimate of drug-likeness (QED) is 0.358. The number of benzene rings is 1. The summed E-state index contributed by atoms with van der Waals surface area (Å²) in [6.45, 7) is 4.06. The van der Waals surface area contributed by atoms with Crippen LogP contribution in [0.2, 0.25) is 0 Å². The van der Waals surface area contributed by atoms with E-state index in [1.807, 2.05) is 30.3 Å². The Hall–Kier alpha value is -2.16. The highest BCUT2D eigenvalue weighted by Crippen LogP contribution is 2.35. The lowest BCUT2D eigenvalue weighted by Crippen LogP contribution is -2.27. The molecule has 6 nitrogen and oxygen atoms in total. The van der Waals surface area contributed by atoms with Crippen LogP contribution in [0.1, 0.15) is 30.2 Å². The molecule has 0 saturated heterocycles. The number of hydrogen-bond donors (Lipinski definition) is 0. The number of nitrogens with zero attached hydrogens (tertiary/aromatic N) is 5. The molecule has 4 aromatic rings. The molecule has 5 rings (SSSR count). The van der Waals surface area contributed by atoms with Crippen molar-refractivity contribution in [1.82, 2.24) is 24.1 Å². The molecule has 150 valence electrons. The number of hydrogen-bond acceptors (Lipinski definition) is 6. The highest BCUT2D eigenvalue weighted by atomic mass is 32.2. The van der Waals surface area contributed by atoms with Gasteiger partial charge in [-0.05, 0) is 37.6 Å². The average molecular weight is 426 g/mol. The smallest absolute Gasteiger partial charge is 0.268 e. The molecule has 8 heteroatoms. The van der Waals surface area contributed by atoms with E-state index >= 15 is 0 Å². The predicted octanol–water partition coefficient (Wildman–Crippen LogP) is 3.98. The number of thiophene rings is 1. The molecule has 0 unspecified atom stereocenters. The summed E-state index contributed by atoms with van der Waals surface area (Å²) in [4.78, 5) is 18.3. The second-order valence-electron chi connectivity index (χ2n) is 7.47. The molecule has 0 aliphatic carbocycles. The second kappa shape index (κ2) is 7.59. The van der Waals surface area contributed by atoms with Crippen LogP contribution in [0.3, 0.4) is 0 Å². The fourth-order valence-electron chi connectivity index (χ4n) is 3.89. The van der Waals surface area contributed by atoms with Gasteiger partial charge in [-0.1, -0.05) is 43.3 Å². The van der Waals surface area contributed by atoms with Crippen LogP contribution in [-0.4, -0.2) is 43.4 Å². The Morgan fingerprint density at radius 2 is 2.03 bits per heavy atom. The third-order valence-corrected chi connectivity index (χ3v) is 7.63. The summed E-state index contributed by atoms with van der Waals surface area (Å²) in [5.74, 6) is 1.59. The molecule has 0 saturated carbocycles. The average Bonchev–Trinajstić information content (AvgIpc) is 3.30. The van der Waals surface area contributed by atoms with E-state index in [1.165, 1.54) is 10.4 Å². The van der Waals surface area contributed by atoms with E-state index in [0.717, 1.165) is 59.2 Å². The van der Waals surface area contributed by atoms with Gasteiger partial charge in [-0.25, -0.2) is 8.97 Å². The highest BCUT2D eigenvalue weighted by Gasteiger charge is 2.26. The van der Waals surface area contributed by atoms with Crippen LogP contribution >= 0.6 is 23.1 Å². The first-order valence-electron chi connectivity index (χ1n) is 10.00. The Balaban J connectivity index is 1.84. The molecule has 0 atom stereocenters. The molecule has 3 aromatic heterocycles. The zero-order valence-corrected chi connectivity index (χ0v) is 18.2. The number of unbranched alkanes of at least 4 members (excludes halogenated alkanes) is 1. The van der Waals surface area contributed by atoms with Crippen LogP contribution in [0.4, 0.5) is 0 Å². The summed E-state index contributed by atoms with van der Waals surface area (Å²) >= 11 is 3.45. The Morgan fingerprint density at radius 1 is 1.21 bits per heavy atom. The van der Waals surface area contributed by atoms with Crippen molar-refractivity contribution in [3.8, 4) is 5.69 Å². The van der Waals surface area contributed by atoms with Crippen LogP contribution in [0.15, 0.2) is 40.3 Å². The van der Waals surface area contributed by atoms with Crippen LogP contribution < -0.4 is 5.56 Å². The van der Waals surface area contributed by atoms with E-state index < -0.39 is 0 Å². The molecule has 0 N–H and O–H groups in total. The van der Waals surface area contributed by atoms with Crippen molar-refractivity contribution >= 4 is 39.1 Å². The molecule has 29 heavy (non-hydrogen) atoms. The topological polar surface area (TPSA) is 55.4 Å². The summed E-state index contributed by atoms with van der Waals surface area (Å²) in [7, 11) is 2.13. The fourth-order valence-corrected chi connectivity index (χ4v) is 6.38. The number of likely N-dealkylation sites (N-methyl/N-ethyl adjacent to an activating group) is 1. The first-order chi connectivity index (χ1) is 14.2. The van der Waals surface area contributed by atoms with Crippen LogP contribution in [0, 0.1) is 0 Å². The molecule has 0 fully saturated rings. The SMILES string of the molecule is CCCCSc1nnc2n(-c3ccccc3)c(=O)c3c4c(sc3n12)CN(C)CC4. The van der Waals surface area contributed by atoms with E-state index in [0.29, 0.717) is 5.78 Å². The molecular formula is C21H23N5OS2. The van der Waals surface area contributed by atoms with Gasteiger partial charge in [0.1, 0.15) is 4.83 Å². The van der Waals surface area contributed by atoms with E-state index in [9.17, 15) is 4.79 Å². The van der Waals surface area contributed by atoms with Gasteiger partial charge in [0.25, 0.3) is 5.56 Å². The van der Waals surface area contributed by atoms with Crippen LogP contribution in [0.25, 0.3) is 21.7 Å². The van der Waals surface area contributed by atoms with Crippen molar-refractivity contribution in [3.05, 3.63) is 51.1 Å². The standard InChI is InChI=1S/C21H23N5OS2/c1-3-4-12-28-21-23-22-20-25(14-8-6-5-7-9-14)18(27)17-15-10-11-24(2)13-16(15)29-19(17)26(20)21/h5-9H,3-4,10-13H2,1-2H3. The zero-order chi connectivity index (χ0) is 20.0. The van der Waals surface area contributed by atoms with E-state index in [-0.39, 0.29) is 5.56 Å². The van der Waals surface area contributed by atoms with Gasteiger partial charge in [0.2, 0.25) is 5.78 Å². The largest absolute Gasteiger partial charge is 0.301 e. The molecule has 0 amide bonds. The van der Waals surface area contributed by atoms with Crippen molar-refractivity contribution in [2.75, 3.05) is 19.3 Å². The summed E-state index contributed by atoms with van der Waals surface area (Å²) in [6.07, 6.45) is 3.18. The van der Waals surface area contributed by atoms with Crippen molar-refractivity contribution in [2.45, 2.75) is 37.9 Å². The Labute approximate surface area is 177 Å². The van der Waals surface area contributed by atoms with E-state index in [4.69, 9.17) is 0 Å². The summed E-state index contributed by atoms with van der Waals surface area (Å²) in [6, 6.07) is 9.78. The third kappa shape index (κ3) is 3.10. The minimum atomic E-state index is 0.0123. The summed E-state index contributed by atoms with van der Waals surface area (Å²) in [5, 5.41) is 10.6. The van der Waals surface area contributed by atoms with E-state index in [2.05, 4.69) is 33.5 Å². The first-order valence-corrected chi connectivity index (χ1v) is 11.8. The Kier molecular flexibility index (Phi) is 4.93. The third-order valence-electron chi connectivity index (χ3n) is 5.41. The van der Waals surface area contributed by atoms with Gasteiger partial charge in [-0.2, -0.15) is 0 Å². The predicted molar refractivity (Wildman–Crippen MR) is 120 cm³/mol. The summed E-state index contributed by atoms with van der Waals surface area (Å²) < 4.78 is 3.83. The lowest BCUT2D eigenvalue weighted by Gasteiger charge is -2.21. The van der Waals surface area contributed by atoms with Gasteiger partial charge in [-0.15, -0.1) is 21.5 Å². The van der Waals surface area contributed by atoms with Gasteiger partial charge >= 0.3 is 0 Å². The number of fused-ring (bicyclic) bond motifs is 5. The number of para-hydroxylation sites is 1. The molecule has 1 aliphatic rings. The monoisotopic (exact) mass is 425 g/mol. The lowest BCUT2D eigenvalue weighted by atomic mass is 10.1. The second-order valence-corrected chi connectivity index (χ2v) is 9.61. The van der Waals surface area contributed by atoms with E-state index in [1.54, 1.807) is 27.7 Å². The molecule has 0 bridgehead atoms.